The molecule has 1 aromatic carbocycles. The number of benzene rings is 1. The number of hydrogen-bond donors (Lipinski definition) is 5. The summed E-state index contributed by atoms with van der Waals surface area (Å²) in [6, 6.07) is 3.61. The number of nitrogens with two attached hydrogens (primary N) is 1. The number of carbonyl (C=O) groups excluding carboxylic acids is 1. The van der Waals surface area contributed by atoms with Crippen LogP contribution in [0.2, 0.25) is 0 Å². The van der Waals surface area contributed by atoms with Crippen LogP contribution in [0, 0.1) is 5.41 Å². The van der Waals surface area contributed by atoms with Gasteiger partial charge in [-0.3, -0.25) is 4.79 Å². The first-order valence-corrected chi connectivity index (χ1v) is 12.8. The lowest BCUT2D eigenvalue weighted by Crippen LogP contribution is -2.28. The third-order valence-electron chi connectivity index (χ3n) is 5.63. The van der Waals surface area contributed by atoms with E-state index >= 15 is 0 Å². The third kappa shape index (κ3) is 6.68. The van der Waals surface area contributed by atoms with Crippen LogP contribution in [0.5, 0.6) is 5.75 Å². The number of thiophene rings is 1. The van der Waals surface area contributed by atoms with Crippen molar-refractivity contribution in [3.8, 4) is 5.75 Å². The van der Waals surface area contributed by atoms with Gasteiger partial charge in [-0.15, -0.1) is 11.3 Å². The summed E-state index contributed by atoms with van der Waals surface area (Å²) in [6.07, 6.45) is 8.10. The van der Waals surface area contributed by atoms with Crippen molar-refractivity contribution in [2.75, 3.05) is 37.4 Å². The highest BCUT2D eigenvalue weighted by atomic mass is 32.1. The maximum atomic E-state index is 9.99. The number of aryl methyl sites for hydroxylation is 2. The summed E-state index contributed by atoms with van der Waals surface area (Å²) in [7, 11) is 0. The predicted octanol–water partition coefficient (Wildman–Crippen LogP) is 3.11. The van der Waals surface area contributed by atoms with Crippen molar-refractivity contribution in [2.24, 2.45) is 0 Å². The highest BCUT2D eigenvalue weighted by molar-refractivity contribution is 7.19. The molecular formula is C25H34N6O4S. The predicted molar refractivity (Wildman–Crippen MR) is 144 cm³/mol. The van der Waals surface area contributed by atoms with Crippen molar-refractivity contribution in [1.82, 2.24) is 14.9 Å². The molecule has 0 aliphatic heterocycles. The van der Waals surface area contributed by atoms with Crippen LogP contribution >= 0.6 is 11.3 Å². The SMILES string of the molecule is CC(C)Oc1cc(N)c(C=N)cc1Nc1ncnc2sc3c(c12)CCCC3.O=CN(CCO)CCO. The zero-order valence-corrected chi connectivity index (χ0v) is 21.5. The standard InChI is InChI=1S/C20H23N5OS.C5H11NO3/c1-11(2)26-16-8-14(22)12(9-21)7-15(16)25-19-18-13-5-3-4-6-17(13)27-20(18)24-10-23-19;7-3-1-6(5-9)2-4-8/h7-11,21H,3-6,22H2,1-2H3,(H,23,24,25);5,7-8H,1-4H2. The van der Waals surface area contributed by atoms with Gasteiger partial charge in [0.25, 0.3) is 0 Å². The van der Waals surface area contributed by atoms with Crippen molar-refractivity contribution < 1.29 is 19.7 Å². The van der Waals surface area contributed by atoms with Crippen molar-refractivity contribution in [3.63, 3.8) is 0 Å². The van der Waals surface area contributed by atoms with Gasteiger partial charge in [-0.2, -0.15) is 0 Å². The lowest BCUT2D eigenvalue weighted by Gasteiger charge is -2.18. The highest BCUT2D eigenvalue weighted by Gasteiger charge is 2.21. The molecule has 2 aromatic heterocycles. The molecule has 10 nitrogen and oxygen atoms in total. The fraction of sp³-hybridized carbons (Fsp3) is 0.440. The molecule has 0 saturated carbocycles. The fourth-order valence-corrected chi connectivity index (χ4v) is 5.20. The molecule has 0 radical (unpaired) electrons. The van der Waals surface area contributed by atoms with Crippen LogP contribution < -0.4 is 15.8 Å². The summed E-state index contributed by atoms with van der Waals surface area (Å²) >= 11 is 1.77. The largest absolute Gasteiger partial charge is 0.489 e. The maximum Gasteiger partial charge on any atom is 0.209 e. The molecule has 6 N–H and O–H groups in total. The van der Waals surface area contributed by atoms with Gasteiger partial charge in [0.2, 0.25) is 6.41 Å². The van der Waals surface area contributed by atoms with E-state index in [2.05, 4.69) is 15.3 Å². The molecule has 1 amide bonds. The van der Waals surface area contributed by atoms with Crippen LogP contribution in [-0.4, -0.2) is 70.1 Å². The molecule has 0 saturated heterocycles. The summed E-state index contributed by atoms with van der Waals surface area (Å²) in [6.45, 7) is 4.43. The first kappa shape index (κ1) is 27.3. The topological polar surface area (TPSA) is 158 Å². The van der Waals surface area contributed by atoms with Crippen LogP contribution in [-0.2, 0) is 17.6 Å². The van der Waals surface area contributed by atoms with Gasteiger partial charge < -0.3 is 36.3 Å². The summed E-state index contributed by atoms with van der Waals surface area (Å²) in [5, 5.41) is 28.8. The van der Waals surface area contributed by atoms with E-state index in [0.29, 0.717) is 36.5 Å². The monoisotopic (exact) mass is 514 g/mol. The average Bonchev–Trinajstić information content (AvgIpc) is 3.25. The van der Waals surface area contributed by atoms with Gasteiger partial charge in [-0.1, -0.05) is 0 Å². The number of amides is 1. The average molecular weight is 515 g/mol. The van der Waals surface area contributed by atoms with Crippen molar-refractivity contribution in [2.45, 2.75) is 45.6 Å². The Bertz CT molecular complexity index is 1180. The molecular weight excluding hydrogens is 480 g/mol. The second-order valence-corrected chi connectivity index (χ2v) is 9.70. The molecule has 11 heteroatoms. The van der Waals surface area contributed by atoms with Crippen molar-refractivity contribution >= 4 is 51.4 Å². The van der Waals surface area contributed by atoms with E-state index in [-0.39, 0.29) is 19.3 Å². The van der Waals surface area contributed by atoms with Crippen LogP contribution in [0.15, 0.2) is 18.5 Å². The minimum atomic E-state index is -0.0568. The quantitative estimate of drug-likeness (QED) is 0.157. The number of anilines is 3. The Morgan fingerprint density at radius 1 is 1.22 bits per heavy atom. The lowest BCUT2D eigenvalue weighted by atomic mass is 9.97. The Balaban J connectivity index is 0.000000345. The Kier molecular flexibility index (Phi) is 9.97. The number of hydrogen-bond acceptors (Lipinski definition) is 10. The first-order chi connectivity index (χ1) is 17.4. The number of aromatic nitrogens is 2. The number of aliphatic hydroxyl groups is 2. The molecule has 0 bridgehead atoms. The van der Waals surface area contributed by atoms with Crippen molar-refractivity contribution in [3.05, 3.63) is 34.5 Å². The Hall–Kier alpha value is -3.28. The Morgan fingerprint density at radius 3 is 2.58 bits per heavy atom. The molecule has 1 aliphatic rings. The van der Waals surface area contributed by atoms with Gasteiger partial charge in [0, 0.05) is 41.5 Å². The van der Waals surface area contributed by atoms with E-state index in [9.17, 15) is 4.79 Å². The molecule has 0 spiro atoms. The normalized spacial score (nSPS) is 12.5. The van der Waals surface area contributed by atoms with Gasteiger partial charge in [0.1, 0.15) is 22.7 Å². The molecule has 0 fully saturated rings. The zero-order chi connectivity index (χ0) is 26.1. The zero-order valence-electron chi connectivity index (χ0n) is 20.7. The summed E-state index contributed by atoms with van der Waals surface area (Å²) in [4.78, 5) is 22.8. The molecule has 1 aliphatic carbocycles. The lowest BCUT2D eigenvalue weighted by molar-refractivity contribution is -0.119. The van der Waals surface area contributed by atoms with Crippen LogP contribution in [0.4, 0.5) is 17.2 Å². The van der Waals surface area contributed by atoms with E-state index in [4.69, 9.17) is 26.1 Å². The first-order valence-electron chi connectivity index (χ1n) is 12.0. The molecule has 0 unspecified atom stereocenters. The van der Waals surface area contributed by atoms with Gasteiger partial charge >= 0.3 is 0 Å². The number of nitrogens with one attached hydrogen (secondary N) is 2. The maximum absolute atomic E-state index is 9.99. The molecule has 3 aromatic rings. The van der Waals surface area contributed by atoms with Crippen LogP contribution in [0.25, 0.3) is 10.2 Å². The second kappa shape index (κ2) is 13.1. The molecule has 0 atom stereocenters. The van der Waals surface area contributed by atoms with Gasteiger partial charge in [0.05, 0.1) is 30.4 Å². The molecule has 194 valence electrons. The van der Waals surface area contributed by atoms with E-state index in [0.717, 1.165) is 34.6 Å². The van der Waals surface area contributed by atoms with E-state index in [1.807, 2.05) is 19.9 Å². The summed E-state index contributed by atoms with van der Waals surface area (Å²) < 4.78 is 5.95. The number of rotatable bonds is 10. The molecule has 4 rings (SSSR count). The van der Waals surface area contributed by atoms with Gasteiger partial charge in [-0.05, 0) is 51.2 Å². The number of nitrogen functional groups attached to an aromatic ring is 1. The number of carbonyl (C=O) groups is 1. The third-order valence-corrected chi connectivity index (χ3v) is 6.83. The molecule has 36 heavy (non-hydrogen) atoms. The van der Waals surface area contributed by atoms with Gasteiger partial charge in [0.15, 0.2) is 0 Å². The smallest absolute Gasteiger partial charge is 0.209 e. The Labute approximate surface area is 214 Å². The molecule has 2 heterocycles. The van der Waals surface area contributed by atoms with E-state index in [1.54, 1.807) is 23.7 Å². The van der Waals surface area contributed by atoms with E-state index < -0.39 is 0 Å². The minimum absolute atomic E-state index is 0.00936. The fourth-order valence-electron chi connectivity index (χ4n) is 3.97. The Morgan fingerprint density at radius 2 is 1.94 bits per heavy atom. The summed E-state index contributed by atoms with van der Waals surface area (Å²) in [5.74, 6) is 1.44. The van der Waals surface area contributed by atoms with Gasteiger partial charge in [-0.25, -0.2) is 9.97 Å². The van der Waals surface area contributed by atoms with E-state index in [1.165, 1.54) is 34.4 Å². The number of nitrogens with zero attached hydrogens (tertiary/aromatic N) is 3. The summed E-state index contributed by atoms with van der Waals surface area (Å²) in [5.41, 5.74) is 9.35. The van der Waals surface area contributed by atoms with Crippen LogP contribution in [0.3, 0.4) is 0 Å². The van der Waals surface area contributed by atoms with Crippen LogP contribution in [0.1, 0.15) is 42.7 Å². The number of ether oxygens (including phenoxy) is 1. The number of aliphatic hydroxyl groups excluding tert-OH is 2. The number of fused-ring (bicyclic) bond motifs is 3. The van der Waals surface area contributed by atoms with Crippen molar-refractivity contribution in [1.29, 1.82) is 5.41 Å². The second-order valence-electron chi connectivity index (χ2n) is 8.62. The highest BCUT2D eigenvalue weighted by Crippen LogP contribution is 2.40. The minimum Gasteiger partial charge on any atom is -0.489 e.